The smallest absolute Gasteiger partial charge is 0.308 e. The minimum absolute atomic E-state index is 0.0989. The molecule has 0 saturated heterocycles. The summed E-state index contributed by atoms with van der Waals surface area (Å²) in [5.74, 6) is -0.880. The van der Waals surface area contributed by atoms with E-state index in [-0.39, 0.29) is 17.0 Å². The Balaban J connectivity index is 3.22. The molecule has 1 N–H and O–H groups in total. The SMILES string of the molecule is CCOc1cccc([N+](=O)[O-])c1CC(=O)O. The largest absolute Gasteiger partial charge is 0.493 e. The molecule has 1 aromatic rings. The Hall–Kier alpha value is -2.11. The number of nitrogens with zero attached hydrogens (tertiary/aromatic N) is 1. The van der Waals surface area contributed by atoms with Crippen LogP contribution in [0.4, 0.5) is 5.69 Å². The van der Waals surface area contributed by atoms with Gasteiger partial charge in [-0.25, -0.2) is 0 Å². The van der Waals surface area contributed by atoms with Gasteiger partial charge in [-0.2, -0.15) is 0 Å². The standard InChI is InChI=1S/C10H11NO5/c1-2-16-9-5-3-4-8(11(14)15)7(9)6-10(12)13/h3-5H,2,6H2,1H3,(H,12,13). The van der Waals surface area contributed by atoms with Crippen LogP contribution in [-0.2, 0) is 11.2 Å². The minimum Gasteiger partial charge on any atom is -0.493 e. The number of carboxylic acids is 1. The summed E-state index contributed by atoms with van der Waals surface area (Å²) in [7, 11) is 0. The molecule has 0 radical (unpaired) electrons. The molecule has 86 valence electrons. The third kappa shape index (κ3) is 2.69. The molecule has 0 aromatic heterocycles. The average Bonchev–Trinajstić information content (AvgIpc) is 2.19. The van der Waals surface area contributed by atoms with Gasteiger partial charge in [0.1, 0.15) is 5.75 Å². The van der Waals surface area contributed by atoms with Gasteiger partial charge in [0.25, 0.3) is 5.69 Å². The van der Waals surface area contributed by atoms with E-state index in [1.54, 1.807) is 6.92 Å². The number of ether oxygens (including phenoxy) is 1. The number of carboxylic acid groups (broad SMARTS) is 1. The predicted molar refractivity (Wildman–Crippen MR) is 55.6 cm³/mol. The number of nitro benzene ring substituents is 1. The van der Waals surface area contributed by atoms with Crippen LogP contribution in [-0.4, -0.2) is 22.6 Å². The van der Waals surface area contributed by atoms with Crippen LogP contribution in [0.5, 0.6) is 5.75 Å². The zero-order valence-electron chi connectivity index (χ0n) is 8.67. The fourth-order valence-corrected chi connectivity index (χ4v) is 1.34. The summed E-state index contributed by atoms with van der Waals surface area (Å²) in [5.41, 5.74) is -0.129. The van der Waals surface area contributed by atoms with Crippen molar-refractivity contribution in [3.05, 3.63) is 33.9 Å². The van der Waals surface area contributed by atoms with Gasteiger partial charge in [0, 0.05) is 6.07 Å². The molecule has 0 bridgehead atoms. The van der Waals surface area contributed by atoms with Crippen LogP contribution in [0.2, 0.25) is 0 Å². The average molecular weight is 225 g/mol. The number of hydrogen-bond acceptors (Lipinski definition) is 4. The first-order chi connectivity index (χ1) is 7.56. The highest BCUT2D eigenvalue weighted by molar-refractivity contribution is 5.73. The van der Waals surface area contributed by atoms with Crippen molar-refractivity contribution in [1.82, 2.24) is 0 Å². The van der Waals surface area contributed by atoms with Gasteiger partial charge in [0.2, 0.25) is 0 Å². The summed E-state index contributed by atoms with van der Waals surface area (Å²) in [4.78, 5) is 20.7. The molecule has 0 fully saturated rings. The normalized spacial score (nSPS) is 9.81. The summed E-state index contributed by atoms with van der Waals surface area (Å²) < 4.78 is 5.16. The molecule has 0 aliphatic heterocycles. The Morgan fingerprint density at radius 1 is 1.56 bits per heavy atom. The Labute approximate surface area is 91.6 Å². The van der Waals surface area contributed by atoms with E-state index in [2.05, 4.69) is 0 Å². The molecule has 0 saturated carbocycles. The molecule has 1 aromatic carbocycles. The van der Waals surface area contributed by atoms with E-state index >= 15 is 0 Å². The van der Waals surface area contributed by atoms with Crippen LogP contribution in [0.1, 0.15) is 12.5 Å². The van der Waals surface area contributed by atoms with E-state index in [9.17, 15) is 14.9 Å². The van der Waals surface area contributed by atoms with Gasteiger partial charge in [0.15, 0.2) is 0 Å². The third-order valence-corrected chi connectivity index (χ3v) is 1.93. The van der Waals surface area contributed by atoms with Crippen LogP contribution in [0, 0.1) is 10.1 Å². The lowest BCUT2D eigenvalue weighted by Crippen LogP contribution is -2.06. The third-order valence-electron chi connectivity index (χ3n) is 1.93. The summed E-state index contributed by atoms with van der Waals surface area (Å²) in [5, 5.41) is 19.4. The maximum absolute atomic E-state index is 10.7. The summed E-state index contributed by atoms with van der Waals surface area (Å²) >= 11 is 0. The highest BCUT2D eigenvalue weighted by atomic mass is 16.6. The van der Waals surface area contributed by atoms with Gasteiger partial charge in [-0.1, -0.05) is 6.07 Å². The molecular formula is C10H11NO5. The molecule has 0 spiro atoms. The van der Waals surface area contributed by atoms with Crippen molar-refractivity contribution < 1.29 is 19.6 Å². The lowest BCUT2D eigenvalue weighted by molar-refractivity contribution is -0.385. The fourth-order valence-electron chi connectivity index (χ4n) is 1.34. The maximum atomic E-state index is 10.7. The van der Waals surface area contributed by atoms with E-state index in [0.717, 1.165) is 0 Å². The Morgan fingerprint density at radius 3 is 2.75 bits per heavy atom. The number of rotatable bonds is 5. The van der Waals surface area contributed by atoms with E-state index in [4.69, 9.17) is 9.84 Å². The Morgan fingerprint density at radius 2 is 2.25 bits per heavy atom. The van der Waals surface area contributed by atoms with Crippen LogP contribution in [0.3, 0.4) is 0 Å². The Bertz CT molecular complexity index is 416. The van der Waals surface area contributed by atoms with Gasteiger partial charge >= 0.3 is 5.97 Å². The predicted octanol–water partition coefficient (Wildman–Crippen LogP) is 1.62. The zero-order chi connectivity index (χ0) is 12.1. The van der Waals surface area contributed by atoms with Crippen molar-refractivity contribution in [2.45, 2.75) is 13.3 Å². The quantitative estimate of drug-likeness (QED) is 0.607. The molecule has 0 aliphatic rings. The Kier molecular flexibility index (Phi) is 3.82. The minimum atomic E-state index is -1.13. The summed E-state index contributed by atoms with van der Waals surface area (Å²) in [6.45, 7) is 2.05. The second kappa shape index (κ2) is 5.11. The maximum Gasteiger partial charge on any atom is 0.308 e. The first-order valence-corrected chi connectivity index (χ1v) is 4.67. The zero-order valence-corrected chi connectivity index (χ0v) is 8.67. The molecule has 6 nitrogen and oxygen atoms in total. The first-order valence-electron chi connectivity index (χ1n) is 4.67. The van der Waals surface area contributed by atoms with Gasteiger partial charge in [0.05, 0.1) is 23.5 Å². The number of benzene rings is 1. The van der Waals surface area contributed by atoms with E-state index in [0.29, 0.717) is 6.61 Å². The van der Waals surface area contributed by atoms with Crippen molar-refractivity contribution >= 4 is 11.7 Å². The van der Waals surface area contributed by atoms with Crippen molar-refractivity contribution in [1.29, 1.82) is 0 Å². The lowest BCUT2D eigenvalue weighted by atomic mass is 10.1. The molecular weight excluding hydrogens is 214 g/mol. The van der Waals surface area contributed by atoms with Gasteiger partial charge < -0.3 is 9.84 Å². The number of carbonyl (C=O) groups is 1. The first kappa shape index (κ1) is 12.0. The second-order valence-corrected chi connectivity index (χ2v) is 3.01. The molecule has 16 heavy (non-hydrogen) atoms. The monoisotopic (exact) mass is 225 g/mol. The molecule has 0 aliphatic carbocycles. The van der Waals surface area contributed by atoms with E-state index < -0.39 is 17.3 Å². The molecule has 1 rings (SSSR count). The topological polar surface area (TPSA) is 89.7 Å². The van der Waals surface area contributed by atoms with E-state index in [1.165, 1.54) is 18.2 Å². The fraction of sp³-hybridized carbons (Fsp3) is 0.300. The van der Waals surface area contributed by atoms with Crippen LogP contribution >= 0.6 is 0 Å². The van der Waals surface area contributed by atoms with Crippen LogP contribution in [0.25, 0.3) is 0 Å². The van der Waals surface area contributed by atoms with Crippen LogP contribution in [0.15, 0.2) is 18.2 Å². The van der Waals surface area contributed by atoms with Crippen molar-refractivity contribution in [2.24, 2.45) is 0 Å². The van der Waals surface area contributed by atoms with Gasteiger partial charge in [-0.15, -0.1) is 0 Å². The molecule has 6 heteroatoms. The van der Waals surface area contributed by atoms with Crippen LogP contribution < -0.4 is 4.74 Å². The molecule has 0 atom stereocenters. The van der Waals surface area contributed by atoms with E-state index in [1.807, 2.05) is 0 Å². The molecule has 0 amide bonds. The second-order valence-electron chi connectivity index (χ2n) is 3.01. The lowest BCUT2D eigenvalue weighted by Gasteiger charge is -2.08. The summed E-state index contributed by atoms with van der Waals surface area (Å²) in [6.07, 6.45) is -0.424. The molecule has 0 heterocycles. The summed E-state index contributed by atoms with van der Waals surface area (Å²) in [6, 6.07) is 4.25. The highest BCUT2D eigenvalue weighted by Gasteiger charge is 2.20. The number of aliphatic carboxylic acids is 1. The highest BCUT2D eigenvalue weighted by Crippen LogP contribution is 2.28. The van der Waals surface area contributed by atoms with Gasteiger partial charge in [-0.05, 0) is 13.0 Å². The molecule has 0 unspecified atom stereocenters. The van der Waals surface area contributed by atoms with Crippen molar-refractivity contribution in [2.75, 3.05) is 6.61 Å². The van der Waals surface area contributed by atoms with Crippen molar-refractivity contribution in [3.8, 4) is 5.75 Å². The van der Waals surface area contributed by atoms with Gasteiger partial charge in [-0.3, -0.25) is 14.9 Å². The number of hydrogen-bond donors (Lipinski definition) is 1. The number of nitro groups is 1. The van der Waals surface area contributed by atoms with Crippen molar-refractivity contribution in [3.63, 3.8) is 0 Å².